The van der Waals surface area contributed by atoms with Crippen molar-refractivity contribution in [2.45, 2.75) is 6.42 Å². The molecule has 16 heavy (non-hydrogen) atoms. The van der Waals surface area contributed by atoms with E-state index in [1.807, 2.05) is 19.0 Å². The summed E-state index contributed by atoms with van der Waals surface area (Å²) >= 11 is 5.89. The van der Waals surface area contributed by atoms with Crippen LogP contribution in [0, 0.1) is 0 Å². The molecule has 1 aromatic rings. The lowest BCUT2D eigenvalue weighted by Crippen LogP contribution is -2.23. The minimum absolute atomic E-state index is 0.144. The van der Waals surface area contributed by atoms with E-state index in [0.29, 0.717) is 23.7 Å². The van der Waals surface area contributed by atoms with Crippen LogP contribution in [0.15, 0.2) is 18.2 Å². The molecule has 0 atom stereocenters. The van der Waals surface area contributed by atoms with Crippen LogP contribution >= 0.6 is 11.6 Å². The summed E-state index contributed by atoms with van der Waals surface area (Å²) in [5.41, 5.74) is 0.835. The fourth-order valence-corrected chi connectivity index (χ4v) is 1.70. The number of benzene rings is 1. The second-order valence-electron chi connectivity index (χ2n) is 3.91. The molecule has 4 heteroatoms. The van der Waals surface area contributed by atoms with Gasteiger partial charge >= 0.3 is 0 Å². The molecule has 0 aliphatic rings. The Balaban J connectivity index is 2.79. The molecule has 0 aliphatic carbocycles. The van der Waals surface area contributed by atoms with Crippen molar-refractivity contribution < 1.29 is 9.53 Å². The number of nitrogens with zero attached hydrogens (tertiary/aromatic N) is 1. The van der Waals surface area contributed by atoms with Crippen LogP contribution in [0.5, 0.6) is 5.75 Å². The van der Waals surface area contributed by atoms with Gasteiger partial charge in [-0.1, -0.05) is 11.6 Å². The minimum Gasteiger partial charge on any atom is -0.496 e. The summed E-state index contributed by atoms with van der Waals surface area (Å²) in [4.78, 5) is 13.5. The molecule has 0 bridgehead atoms. The first-order valence-electron chi connectivity index (χ1n) is 5.01. The van der Waals surface area contributed by atoms with Crippen LogP contribution in [-0.4, -0.2) is 38.4 Å². The van der Waals surface area contributed by atoms with Gasteiger partial charge in [0.1, 0.15) is 5.75 Å². The lowest BCUT2D eigenvalue weighted by molar-refractivity contribution is -0.119. The van der Waals surface area contributed by atoms with Gasteiger partial charge in [-0.3, -0.25) is 4.79 Å². The molecule has 0 saturated heterocycles. The van der Waals surface area contributed by atoms with E-state index in [4.69, 9.17) is 16.3 Å². The van der Waals surface area contributed by atoms with Gasteiger partial charge in [-0.15, -0.1) is 0 Å². The molecule has 0 amide bonds. The average molecular weight is 242 g/mol. The molecule has 0 aromatic heterocycles. The van der Waals surface area contributed by atoms with Crippen molar-refractivity contribution >= 4 is 17.4 Å². The maximum atomic E-state index is 11.7. The first-order chi connectivity index (χ1) is 7.52. The van der Waals surface area contributed by atoms with E-state index < -0.39 is 0 Å². The van der Waals surface area contributed by atoms with Gasteiger partial charge in [0, 0.05) is 17.0 Å². The second kappa shape index (κ2) is 5.87. The topological polar surface area (TPSA) is 29.5 Å². The van der Waals surface area contributed by atoms with E-state index in [1.165, 1.54) is 0 Å². The molecule has 0 saturated carbocycles. The zero-order valence-corrected chi connectivity index (χ0v) is 10.5. The number of likely N-dealkylation sites (N-methyl/N-ethyl adjacent to an activating group) is 1. The zero-order valence-electron chi connectivity index (χ0n) is 9.79. The highest BCUT2D eigenvalue weighted by Gasteiger charge is 2.10. The van der Waals surface area contributed by atoms with Crippen molar-refractivity contribution in [1.29, 1.82) is 0 Å². The maximum absolute atomic E-state index is 11.7. The Morgan fingerprint density at radius 2 is 2.12 bits per heavy atom. The van der Waals surface area contributed by atoms with Crippen LogP contribution < -0.4 is 4.74 Å². The quantitative estimate of drug-likeness (QED) is 0.790. The summed E-state index contributed by atoms with van der Waals surface area (Å²) in [7, 11) is 5.32. The van der Waals surface area contributed by atoms with E-state index in [0.717, 1.165) is 5.56 Å². The molecule has 88 valence electrons. The third kappa shape index (κ3) is 3.83. The van der Waals surface area contributed by atoms with Crippen molar-refractivity contribution in [3.05, 3.63) is 28.8 Å². The van der Waals surface area contributed by atoms with Crippen LogP contribution in [0.25, 0.3) is 0 Å². The fraction of sp³-hybridized carbons (Fsp3) is 0.417. The van der Waals surface area contributed by atoms with Crippen molar-refractivity contribution in [2.75, 3.05) is 27.7 Å². The molecular formula is C12H16ClNO2. The molecule has 0 spiro atoms. The van der Waals surface area contributed by atoms with Gasteiger partial charge < -0.3 is 9.64 Å². The van der Waals surface area contributed by atoms with E-state index in [2.05, 4.69) is 0 Å². The third-order valence-corrected chi connectivity index (χ3v) is 2.36. The van der Waals surface area contributed by atoms with E-state index in [-0.39, 0.29) is 5.78 Å². The predicted octanol–water partition coefficient (Wildman–Crippen LogP) is 2.02. The number of carbonyl (C=O) groups is 1. The zero-order chi connectivity index (χ0) is 12.1. The van der Waals surface area contributed by atoms with Crippen LogP contribution in [-0.2, 0) is 11.2 Å². The summed E-state index contributed by atoms with van der Waals surface area (Å²) in [5.74, 6) is 0.849. The van der Waals surface area contributed by atoms with Crippen LogP contribution in [0.2, 0.25) is 5.02 Å². The molecule has 0 heterocycles. The summed E-state index contributed by atoms with van der Waals surface area (Å²) in [6.45, 7) is 0.426. The van der Waals surface area contributed by atoms with Gasteiger partial charge in [-0.25, -0.2) is 0 Å². The first kappa shape index (κ1) is 13.0. The van der Waals surface area contributed by atoms with Crippen molar-refractivity contribution in [1.82, 2.24) is 4.90 Å². The summed E-state index contributed by atoms with van der Waals surface area (Å²) in [6.07, 6.45) is 0.349. The Morgan fingerprint density at radius 3 is 2.69 bits per heavy atom. The molecular weight excluding hydrogens is 226 g/mol. The largest absolute Gasteiger partial charge is 0.496 e. The number of halogens is 1. The van der Waals surface area contributed by atoms with Gasteiger partial charge in [0.25, 0.3) is 0 Å². The molecule has 0 fully saturated rings. The Labute approximate surface area is 101 Å². The van der Waals surface area contributed by atoms with E-state index >= 15 is 0 Å². The highest BCUT2D eigenvalue weighted by atomic mass is 35.5. The van der Waals surface area contributed by atoms with E-state index in [9.17, 15) is 4.79 Å². The Hall–Kier alpha value is -1.06. The molecule has 0 radical (unpaired) electrons. The third-order valence-electron chi connectivity index (χ3n) is 2.12. The molecule has 1 rings (SSSR count). The van der Waals surface area contributed by atoms with Crippen LogP contribution in [0.1, 0.15) is 5.56 Å². The second-order valence-corrected chi connectivity index (χ2v) is 4.35. The Kier molecular flexibility index (Phi) is 4.77. The number of carbonyl (C=O) groups excluding carboxylic acids is 1. The highest BCUT2D eigenvalue weighted by Crippen LogP contribution is 2.23. The van der Waals surface area contributed by atoms with Gasteiger partial charge in [0.15, 0.2) is 5.78 Å². The van der Waals surface area contributed by atoms with Gasteiger partial charge in [-0.2, -0.15) is 0 Å². The number of rotatable bonds is 5. The van der Waals surface area contributed by atoms with Gasteiger partial charge in [0.05, 0.1) is 13.7 Å². The lowest BCUT2D eigenvalue weighted by Gasteiger charge is -2.11. The van der Waals surface area contributed by atoms with Gasteiger partial charge in [-0.05, 0) is 32.3 Å². The van der Waals surface area contributed by atoms with Crippen molar-refractivity contribution in [3.8, 4) is 5.75 Å². The Bertz CT molecular complexity index is 377. The smallest absolute Gasteiger partial charge is 0.151 e. The predicted molar refractivity (Wildman–Crippen MR) is 65.3 cm³/mol. The molecule has 0 N–H and O–H groups in total. The van der Waals surface area contributed by atoms with Crippen molar-refractivity contribution in [2.24, 2.45) is 0 Å². The summed E-state index contributed by atoms with van der Waals surface area (Å²) in [5, 5.41) is 0.619. The van der Waals surface area contributed by atoms with Crippen molar-refractivity contribution in [3.63, 3.8) is 0 Å². The number of ketones is 1. The fourth-order valence-electron chi connectivity index (χ4n) is 1.51. The molecule has 0 unspecified atom stereocenters. The summed E-state index contributed by atoms with van der Waals surface area (Å²) < 4.78 is 5.18. The number of ether oxygens (including phenoxy) is 1. The average Bonchev–Trinajstić information content (AvgIpc) is 2.16. The van der Waals surface area contributed by atoms with Crippen LogP contribution in [0.3, 0.4) is 0 Å². The Morgan fingerprint density at radius 1 is 1.44 bits per heavy atom. The standard InChI is InChI=1S/C12H16ClNO2/c1-14(2)8-11(15)7-9-6-10(13)4-5-12(9)16-3/h4-6H,7-8H2,1-3H3. The normalized spacial score (nSPS) is 10.6. The molecule has 1 aromatic carbocycles. The minimum atomic E-state index is 0.144. The highest BCUT2D eigenvalue weighted by molar-refractivity contribution is 6.30. The SMILES string of the molecule is COc1ccc(Cl)cc1CC(=O)CN(C)C. The number of Topliss-reactive ketones (excluding diaryl/α,β-unsaturated/α-hetero) is 1. The van der Waals surface area contributed by atoms with Gasteiger partial charge in [0.2, 0.25) is 0 Å². The number of hydrogen-bond donors (Lipinski definition) is 0. The van der Waals surface area contributed by atoms with E-state index in [1.54, 1.807) is 25.3 Å². The maximum Gasteiger partial charge on any atom is 0.151 e. The number of methoxy groups -OCH3 is 1. The summed E-state index contributed by atoms with van der Waals surface area (Å²) in [6, 6.07) is 5.30. The lowest BCUT2D eigenvalue weighted by atomic mass is 10.1. The monoisotopic (exact) mass is 241 g/mol. The molecule has 3 nitrogen and oxygen atoms in total. The number of hydrogen-bond acceptors (Lipinski definition) is 3. The van der Waals surface area contributed by atoms with Crippen LogP contribution in [0.4, 0.5) is 0 Å². The molecule has 0 aliphatic heterocycles. The first-order valence-corrected chi connectivity index (χ1v) is 5.39.